The first-order valence-electron chi connectivity index (χ1n) is 6.13. The Labute approximate surface area is 114 Å². The Kier molecular flexibility index (Phi) is 5.82. The molecule has 2 N–H and O–H groups in total. The van der Waals surface area contributed by atoms with Gasteiger partial charge in [0.25, 0.3) is 5.91 Å². The van der Waals surface area contributed by atoms with Crippen molar-refractivity contribution in [3.8, 4) is 5.75 Å². The molecule has 0 aliphatic carbocycles. The molecule has 1 amide bonds. The number of halogens is 3. The molecular formula is C13H16F3NO3. The second-order valence-electron chi connectivity index (χ2n) is 4.39. The van der Waals surface area contributed by atoms with E-state index < -0.39 is 34.7 Å². The Bertz CT molecular complexity index is 494. The van der Waals surface area contributed by atoms with Crippen LogP contribution in [0.4, 0.5) is 13.2 Å². The molecule has 0 fully saturated rings. The van der Waals surface area contributed by atoms with Crippen LogP contribution in [0.15, 0.2) is 6.07 Å². The zero-order chi connectivity index (χ0) is 15.3. The molecule has 1 aromatic carbocycles. The van der Waals surface area contributed by atoms with Crippen LogP contribution in [0.1, 0.15) is 29.6 Å². The van der Waals surface area contributed by atoms with Gasteiger partial charge in [-0.25, -0.2) is 8.78 Å². The first-order valence-corrected chi connectivity index (χ1v) is 6.13. The number of aromatic hydroxyl groups is 1. The number of rotatable bonds is 6. The van der Waals surface area contributed by atoms with Gasteiger partial charge in [-0.2, -0.15) is 4.39 Å². The second-order valence-corrected chi connectivity index (χ2v) is 4.39. The molecule has 0 heterocycles. The lowest BCUT2D eigenvalue weighted by atomic mass is 10.1. The Balaban J connectivity index is 2.82. The van der Waals surface area contributed by atoms with Gasteiger partial charge in [0.15, 0.2) is 17.4 Å². The molecule has 0 bridgehead atoms. The summed E-state index contributed by atoms with van der Waals surface area (Å²) < 4.78 is 39.6. The number of benzene rings is 1. The van der Waals surface area contributed by atoms with E-state index in [0.29, 0.717) is 25.3 Å². The summed E-state index contributed by atoms with van der Waals surface area (Å²) in [6.45, 7) is 0.321. The van der Waals surface area contributed by atoms with Crippen molar-refractivity contribution < 1.29 is 28.2 Å². The summed E-state index contributed by atoms with van der Waals surface area (Å²) in [7, 11) is 1.39. The largest absolute Gasteiger partial charge is 0.503 e. The van der Waals surface area contributed by atoms with Crippen LogP contribution in [0.2, 0.25) is 0 Å². The van der Waals surface area contributed by atoms with Crippen LogP contribution in [0, 0.1) is 17.5 Å². The third-order valence-corrected chi connectivity index (χ3v) is 2.86. The average Bonchev–Trinajstić information content (AvgIpc) is 2.44. The van der Waals surface area contributed by atoms with Gasteiger partial charge in [-0.3, -0.25) is 4.79 Å². The minimum absolute atomic E-state index is 0.0450. The number of aliphatic hydroxyl groups excluding tert-OH is 1. The van der Waals surface area contributed by atoms with Crippen molar-refractivity contribution in [1.29, 1.82) is 0 Å². The lowest BCUT2D eigenvalue weighted by Gasteiger charge is -2.17. The predicted molar refractivity (Wildman–Crippen MR) is 65.9 cm³/mol. The van der Waals surface area contributed by atoms with Crippen molar-refractivity contribution in [2.75, 3.05) is 20.2 Å². The number of unbranched alkanes of at least 4 members (excludes halogenated alkanes) is 2. The number of phenols is 1. The van der Waals surface area contributed by atoms with E-state index in [9.17, 15) is 18.0 Å². The first kappa shape index (κ1) is 16.3. The van der Waals surface area contributed by atoms with Crippen LogP contribution in [0.3, 0.4) is 0 Å². The fourth-order valence-corrected chi connectivity index (χ4v) is 1.69. The predicted octanol–water partition coefficient (Wildman–Crippen LogP) is 2.04. The number of carbonyl (C=O) groups excluding carboxylic acids is 1. The van der Waals surface area contributed by atoms with Crippen LogP contribution in [-0.2, 0) is 0 Å². The van der Waals surface area contributed by atoms with Crippen LogP contribution >= 0.6 is 0 Å². The maximum Gasteiger partial charge on any atom is 0.256 e. The lowest BCUT2D eigenvalue weighted by molar-refractivity contribution is 0.0785. The molecule has 0 unspecified atom stereocenters. The van der Waals surface area contributed by atoms with Gasteiger partial charge in [-0.15, -0.1) is 0 Å². The highest BCUT2D eigenvalue weighted by atomic mass is 19.2. The van der Waals surface area contributed by atoms with E-state index in [4.69, 9.17) is 10.2 Å². The van der Waals surface area contributed by atoms with Crippen molar-refractivity contribution in [3.63, 3.8) is 0 Å². The third kappa shape index (κ3) is 3.63. The second kappa shape index (κ2) is 7.14. The van der Waals surface area contributed by atoms with Gasteiger partial charge in [-0.05, 0) is 25.3 Å². The number of hydrogen-bond acceptors (Lipinski definition) is 3. The molecule has 4 nitrogen and oxygen atoms in total. The Hall–Kier alpha value is -1.76. The summed E-state index contributed by atoms with van der Waals surface area (Å²) in [6, 6.07) is 0.428. The standard InChI is InChI=1S/C13H16F3NO3/c1-17(5-3-2-4-6-18)13(20)8-7-9(14)11(16)12(19)10(8)15/h7,18-19H,2-6H2,1H3. The SMILES string of the molecule is CN(CCCCCO)C(=O)c1cc(F)c(F)c(O)c1F. The lowest BCUT2D eigenvalue weighted by Crippen LogP contribution is -2.28. The molecule has 1 rings (SSSR count). The fraction of sp³-hybridized carbons (Fsp3) is 0.462. The number of aliphatic hydroxyl groups is 1. The van der Waals surface area contributed by atoms with Crippen molar-refractivity contribution in [2.45, 2.75) is 19.3 Å². The molecule has 112 valence electrons. The minimum Gasteiger partial charge on any atom is -0.503 e. The number of hydrogen-bond donors (Lipinski definition) is 2. The minimum atomic E-state index is -1.72. The summed E-state index contributed by atoms with van der Waals surface area (Å²) in [6.07, 6.45) is 1.85. The number of nitrogens with zero attached hydrogens (tertiary/aromatic N) is 1. The van der Waals surface area contributed by atoms with Gasteiger partial charge in [0.05, 0.1) is 5.56 Å². The summed E-state index contributed by atoms with van der Waals surface area (Å²) in [4.78, 5) is 13.0. The van der Waals surface area contributed by atoms with E-state index in [2.05, 4.69) is 0 Å². The van der Waals surface area contributed by atoms with E-state index in [1.165, 1.54) is 7.05 Å². The van der Waals surface area contributed by atoms with Crippen molar-refractivity contribution in [3.05, 3.63) is 29.1 Å². The Morgan fingerprint density at radius 3 is 2.45 bits per heavy atom. The fourth-order valence-electron chi connectivity index (χ4n) is 1.69. The summed E-state index contributed by atoms with van der Waals surface area (Å²) in [5, 5.41) is 17.7. The zero-order valence-electron chi connectivity index (χ0n) is 11.0. The highest BCUT2D eigenvalue weighted by Gasteiger charge is 2.24. The van der Waals surface area contributed by atoms with E-state index in [0.717, 1.165) is 4.90 Å². The van der Waals surface area contributed by atoms with E-state index in [1.54, 1.807) is 0 Å². The molecule has 1 aromatic rings. The molecule has 0 saturated carbocycles. The Morgan fingerprint density at radius 1 is 1.20 bits per heavy atom. The van der Waals surface area contributed by atoms with Crippen LogP contribution in [-0.4, -0.2) is 41.2 Å². The van der Waals surface area contributed by atoms with Gasteiger partial charge in [0.1, 0.15) is 0 Å². The maximum atomic E-state index is 13.6. The van der Waals surface area contributed by atoms with Gasteiger partial charge in [0.2, 0.25) is 5.82 Å². The average molecular weight is 291 g/mol. The first-order chi connectivity index (χ1) is 9.40. The topological polar surface area (TPSA) is 60.8 Å². The molecule has 7 heteroatoms. The van der Waals surface area contributed by atoms with Crippen LogP contribution in [0.25, 0.3) is 0 Å². The van der Waals surface area contributed by atoms with Gasteiger partial charge in [0, 0.05) is 20.2 Å². The summed E-state index contributed by atoms with van der Waals surface area (Å²) in [5.41, 5.74) is -0.717. The number of phenolic OH excluding ortho intramolecular Hbond substituents is 1. The Morgan fingerprint density at radius 2 is 1.85 bits per heavy atom. The molecule has 0 radical (unpaired) electrons. The molecule has 0 saturated heterocycles. The van der Waals surface area contributed by atoms with E-state index in [1.807, 2.05) is 0 Å². The van der Waals surface area contributed by atoms with Crippen molar-refractivity contribution in [2.24, 2.45) is 0 Å². The quantitative estimate of drug-likeness (QED) is 0.623. The van der Waals surface area contributed by atoms with Crippen LogP contribution in [0.5, 0.6) is 5.75 Å². The molecule has 0 aliphatic rings. The molecular weight excluding hydrogens is 275 g/mol. The zero-order valence-corrected chi connectivity index (χ0v) is 11.0. The van der Waals surface area contributed by atoms with E-state index in [-0.39, 0.29) is 13.2 Å². The van der Waals surface area contributed by atoms with E-state index >= 15 is 0 Å². The van der Waals surface area contributed by atoms with Crippen molar-refractivity contribution in [1.82, 2.24) is 4.90 Å². The van der Waals surface area contributed by atoms with Crippen LogP contribution < -0.4 is 0 Å². The van der Waals surface area contributed by atoms with Gasteiger partial charge in [-0.1, -0.05) is 0 Å². The number of carbonyl (C=O) groups is 1. The molecule has 0 atom stereocenters. The maximum absolute atomic E-state index is 13.6. The smallest absolute Gasteiger partial charge is 0.256 e. The van der Waals surface area contributed by atoms with Gasteiger partial charge >= 0.3 is 0 Å². The molecule has 20 heavy (non-hydrogen) atoms. The summed E-state index contributed by atoms with van der Waals surface area (Å²) in [5.74, 6) is -7.02. The normalized spacial score (nSPS) is 10.7. The molecule has 0 spiro atoms. The highest BCUT2D eigenvalue weighted by Crippen LogP contribution is 2.26. The summed E-state index contributed by atoms with van der Waals surface area (Å²) >= 11 is 0. The van der Waals surface area contributed by atoms with Crippen molar-refractivity contribution >= 4 is 5.91 Å². The molecule has 0 aromatic heterocycles. The molecule has 0 aliphatic heterocycles. The monoisotopic (exact) mass is 291 g/mol. The third-order valence-electron chi connectivity index (χ3n) is 2.86. The van der Waals surface area contributed by atoms with Gasteiger partial charge < -0.3 is 15.1 Å². The highest BCUT2D eigenvalue weighted by molar-refractivity contribution is 5.94. The number of amides is 1.